The van der Waals surface area contributed by atoms with Crippen LogP contribution in [-0.2, 0) is 21.2 Å². The molecule has 1 aromatic rings. The molecule has 1 aromatic carbocycles. The number of nitrogens with zero attached hydrogens (tertiary/aromatic N) is 1. The van der Waals surface area contributed by atoms with E-state index in [9.17, 15) is 13.2 Å². The Balaban J connectivity index is 2.18. The van der Waals surface area contributed by atoms with Gasteiger partial charge in [0.15, 0.2) is 0 Å². The fraction of sp³-hybridized carbons (Fsp3) is 0.533. The molecule has 2 N–H and O–H groups in total. The highest BCUT2D eigenvalue weighted by Crippen LogP contribution is 2.29. The summed E-state index contributed by atoms with van der Waals surface area (Å²) in [5, 5.41) is 8.71. The monoisotopic (exact) mass is 326 g/mol. The van der Waals surface area contributed by atoms with Gasteiger partial charge in [-0.05, 0) is 49.4 Å². The van der Waals surface area contributed by atoms with Crippen molar-refractivity contribution < 1.29 is 18.3 Å². The van der Waals surface area contributed by atoms with Crippen LogP contribution in [0.15, 0.2) is 23.1 Å². The second-order valence-electron chi connectivity index (χ2n) is 5.39. The topological polar surface area (TPSA) is 86.7 Å². The van der Waals surface area contributed by atoms with Gasteiger partial charge in [-0.1, -0.05) is 0 Å². The molecule has 0 bridgehead atoms. The highest BCUT2D eigenvalue weighted by molar-refractivity contribution is 7.89. The molecule has 22 heavy (non-hydrogen) atoms. The molecule has 0 spiro atoms. The van der Waals surface area contributed by atoms with E-state index in [1.54, 1.807) is 17.0 Å². The lowest BCUT2D eigenvalue weighted by molar-refractivity contribution is -0.116. The van der Waals surface area contributed by atoms with Gasteiger partial charge in [-0.25, -0.2) is 13.1 Å². The number of nitrogens with one attached hydrogen (secondary N) is 1. The lowest BCUT2D eigenvalue weighted by atomic mass is 10.0. The summed E-state index contributed by atoms with van der Waals surface area (Å²) in [5.41, 5.74) is 1.69. The van der Waals surface area contributed by atoms with E-state index in [0.29, 0.717) is 25.9 Å². The molecule has 0 fully saturated rings. The van der Waals surface area contributed by atoms with Gasteiger partial charge in [-0.2, -0.15) is 0 Å². The van der Waals surface area contributed by atoms with Crippen LogP contribution >= 0.6 is 0 Å². The quantitative estimate of drug-likeness (QED) is 0.765. The van der Waals surface area contributed by atoms with Crippen molar-refractivity contribution in [1.82, 2.24) is 4.72 Å². The fourth-order valence-electron chi connectivity index (χ4n) is 2.59. The number of sulfonamides is 1. The lowest BCUT2D eigenvalue weighted by Crippen LogP contribution is -2.33. The van der Waals surface area contributed by atoms with Gasteiger partial charge in [0, 0.05) is 32.3 Å². The molecule has 0 saturated carbocycles. The molecule has 1 aliphatic heterocycles. The van der Waals surface area contributed by atoms with Crippen molar-refractivity contribution >= 4 is 21.6 Å². The molecule has 7 heteroatoms. The van der Waals surface area contributed by atoms with E-state index in [1.807, 2.05) is 0 Å². The maximum Gasteiger partial charge on any atom is 0.240 e. The summed E-state index contributed by atoms with van der Waals surface area (Å²) in [6, 6.07) is 4.89. The molecule has 122 valence electrons. The van der Waals surface area contributed by atoms with E-state index in [-0.39, 0.29) is 17.4 Å². The molecule has 0 radical (unpaired) electrons. The van der Waals surface area contributed by atoms with Gasteiger partial charge in [0.1, 0.15) is 0 Å². The summed E-state index contributed by atoms with van der Waals surface area (Å²) in [4.78, 5) is 13.5. The number of aliphatic hydroxyl groups is 1. The van der Waals surface area contributed by atoms with Crippen molar-refractivity contribution in [3.8, 4) is 0 Å². The summed E-state index contributed by atoms with van der Waals surface area (Å²) in [6.45, 7) is 2.55. The molecular weight excluding hydrogens is 304 g/mol. The Hall–Kier alpha value is -1.44. The number of fused-ring (bicyclic) bond motifs is 1. The molecule has 2 rings (SSSR count). The molecule has 6 nitrogen and oxygen atoms in total. The number of anilines is 1. The zero-order valence-electron chi connectivity index (χ0n) is 12.7. The summed E-state index contributed by atoms with van der Waals surface area (Å²) in [7, 11) is -3.55. The van der Waals surface area contributed by atoms with Gasteiger partial charge in [0.05, 0.1) is 4.90 Å². The van der Waals surface area contributed by atoms with Crippen LogP contribution in [0.4, 0.5) is 5.69 Å². The van der Waals surface area contributed by atoms with E-state index in [0.717, 1.165) is 24.1 Å². The number of unbranched alkanes of at least 4 members (excludes halogenated alkanes) is 1. The largest absolute Gasteiger partial charge is 0.396 e. The summed E-state index contributed by atoms with van der Waals surface area (Å²) in [6.07, 6.45) is 2.77. The third-order valence-corrected chi connectivity index (χ3v) is 5.20. The van der Waals surface area contributed by atoms with E-state index < -0.39 is 10.0 Å². The Morgan fingerprint density at radius 3 is 2.82 bits per heavy atom. The second kappa shape index (κ2) is 7.21. The molecule has 1 heterocycles. The first-order valence-corrected chi connectivity index (χ1v) is 8.95. The first-order chi connectivity index (χ1) is 10.5. The Morgan fingerprint density at radius 2 is 2.14 bits per heavy atom. The van der Waals surface area contributed by atoms with Crippen molar-refractivity contribution in [3.05, 3.63) is 23.8 Å². The zero-order chi connectivity index (χ0) is 16.2. The SMILES string of the molecule is CC(=O)N1CCCc2cc(S(=O)(=O)NCCCCO)ccc21. The van der Waals surface area contributed by atoms with Gasteiger partial charge in [0.2, 0.25) is 15.9 Å². The highest BCUT2D eigenvalue weighted by atomic mass is 32.2. The number of amides is 1. The van der Waals surface area contributed by atoms with Crippen LogP contribution in [0, 0.1) is 0 Å². The van der Waals surface area contributed by atoms with E-state index in [4.69, 9.17) is 5.11 Å². The van der Waals surface area contributed by atoms with Crippen LogP contribution in [0.1, 0.15) is 31.7 Å². The number of carbonyl (C=O) groups is 1. The number of hydrogen-bond donors (Lipinski definition) is 2. The first-order valence-electron chi connectivity index (χ1n) is 7.47. The van der Waals surface area contributed by atoms with E-state index in [2.05, 4.69) is 4.72 Å². The Kier molecular flexibility index (Phi) is 5.55. The zero-order valence-corrected chi connectivity index (χ0v) is 13.5. The number of rotatable bonds is 6. The minimum Gasteiger partial charge on any atom is -0.396 e. The van der Waals surface area contributed by atoms with Crippen molar-refractivity contribution in [1.29, 1.82) is 0 Å². The maximum atomic E-state index is 12.2. The Morgan fingerprint density at radius 1 is 1.36 bits per heavy atom. The number of aryl methyl sites for hydroxylation is 1. The molecule has 1 aliphatic rings. The van der Waals surface area contributed by atoms with Crippen molar-refractivity contribution in [2.45, 2.75) is 37.5 Å². The normalized spacial score (nSPS) is 14.7. The second-order valence-corrected chi connectivity index (χ2v) is 7.16. The number of carbonyl (C=O) groups excluding carboxylic acids is 1. The van der Waals surface area contributed by atoms with E-state index in [1.165, 1.54) is 13.0 Å². The predicted molar refractivity (Wildman–Crippen MR) is 84.3 cm³/mol. The third kappa shape index (κ3) is 3.85. The highest BCUT2D eigenvalue weighted by Gasteiger charge is 2.22. The smallest absolute Gasteiger partial charge is 0.240 e. The van der Waals surface area contributed by atoms with Crippen LogP contribution in [-0.4, -0.2) is 39.1 Å². The minimum atomic E-state index is -3.55. The maximum absolute atomic E-state index is 12.2. The molecule has 0 aliphatic carbocycles. The Bertz CT molecular complexity index is 643. The molecule has 0 aromatic heterocycles. The van der Waals surface area contributed by atoms with Crippen LogP contribution < -0.4 is 9.62 Å². The van der Waals surface area contributed by atoms with Gasteiger partial charge in [-0.3, -0.25) is 4.79 Å². The van der Waals surface area contributed by atoms with Crippen molar-refractivity contribution in [3.63, 3.8) is 0 Å². The minimum absolute atomic E-state index is 0.0290. The molecule has 1 amide bonds. The van der Waals surface area contributed by atoms with Crippen LogP contribution in [0.25, 0.3) is 0 Å². The van der Waals surface area contributed by atoms with Gasteiger partial charge < -0.3 is 10.0 Å². The lowest BCUT2D eigenvalue weighted by Gasteiger charge is -2.28. The average molecular weight is 326 g/mol. The predicted octanol–water partition coefficient (Wildman–Crippen LogP) is 1.04. The fourth-order valence-corrected chi connectivity index (χ4v) is 3.72. The van der Waals surface area contributed by atoms with Crippen molar-refractivity contribution in [2.24, 2.45) is 0 Å². The van der Waals surface area contributed by atoms with Gasteiger partial charge in [0.25, 0.3) is 0 Å². The summed E-state index contributed by atoms with van der Waals surface area (Å²) in [5.74, 6) is -0.0290. The number of aliphatic hydroxyl groups excluding tert-OH is 1. The van der Waals surface area contributed by atoms with Gasteiger partial charge in [-0.15, -0.1) is 0 Å². The third-order valence-electron chi connectivity index (χ3n) is 3.74. The van der Waals surface area contributed by atoms with Crippen molar-refractivity contribution in [2.75, 3.05) is 24.6 Å². The molecular formula is C15H22N2O4S. The number of hydrogen-bond acceptors (Lipinski definition) is 4. The van der Waals surface area contributed by atoms with Crippen LogP contribution in [0.5, 0.6) is 0 Å². The Labute approximate surface area is 131 Å². The number of benzene rings is 1. The first kappa shape index (κ1) is 16.9. The summed E-state index contributed by atoms with van der Waals surface area (Å²) >= 11 is 0. The summed E-state index contributed by atoms with van der Waals surface area (Å²) < 4.78 is 27.0. The van der Waals surface area contributed by atoms with Crippen LogP contribution in [0.2, 0.25) is 0 Å². The molecule has 0 atom stereocenters. The van der Waals surface area contributed by atoms with E-state index >= 15 is 0 Å². The molecule has 0 unspecified atom stereocenters. The van der Waals surface area contributed by atoms with Crippen LogP contribution in [0.3, 0.4) is 0 Å². The standard InChI is InChI=1S/C15H22N2O4S/c1-12(19)17-9-4-5-13-11-14(6-7-15(13)17)22(20,21)16-8-2-3-10-18/h6-7,11,16,18H,2-5,8-10H2,1H3. The average Bonchev–Trinajstić information content (AvgIpc) is 2.50. The van der Waals surface area contributed by atoms with Gasteiger partial charge >= 0.3 is 0 Å². The molecule has 0 saturated heterocycles.